The maximum absolute atomic E-state index is 12.0. The molecular weight excluding hydrogens is 306 g/mol. The van der Waals surface area contributed by atoms with E-state index in [-0.39, 0.29) is 6.03 Å². The van der Waals surface area contributed by atoms with Gasteiger partial charge in [-0.2, -0.15) is 5.10 Å². The number of rotatable bonds is 4. The fourth-order valence-corrected chi connectivity index (χ4v) is 3.61. The van der Waals surface area contributed by atoms with E-state index in [1.807, 2.05) is 23.1 Å². The molecule has 0 aliphatic carbocycles. The lowest BCUT2D eigenvalue weighted by Gasteiger charge is -2.40. The van der Waals surface area contributed by atoms with Crippen LogP contribution in [0, 0.1) is 0 Å². The average molecular weight is 329 g/mol. The first-order valence-corrected chi connectivity index (χ1v) is 8.65. The molecule has 0 unspecified atom stereocenters. The van der Waals surface area contributed by atoms with E-state index in [9.17, 15) is 4.79 Å². The van der Waals surface area contributed by atoms with Crippen molar-refractivity contribution in [2.24, 2.45) is 0 Å². The molecule has 2 fully saturated rings. The molecule has 2 N–H and O–H groups in total. The summed E-state index contributed by atoms with van der Waals surface area (Å²) in [5, 5.41) is 9.81. The highest BCUT2D eigenvalue weighted by Gasteiger charge is 2.29. The van der Waals surface area contributed by atoms with Crippen LogP contribution in [-0.4, -0.2) is 58.2 Å². The van der Waals surface area contributed by atoms with E-state index >= 15 is 0 Å². The van der Waals surface area contributed by atoms with Crippen LogP contribution in [0.15, 0.2) is 28.8 Å². The Kier molecular flexibility index (Phi) is 4.25. The Balaban J connectivity index is 1.31. The van der Waals surface area contributed by atoms with Crippen molar-refractivity contribution < 1.29 is 9.21 Å². The molecule has 2 amide bonds. The Morgan fingerprint density at radius 3 is 2.83 bits per heavy atom. The maximum Gasteiger partial charge on any atom is 0.317 e. The lowest BCUT2D eigenvalue weighted by atomic mass is 10.0. The van der Waals surface area contributed by atoms with Gasteiger partial charge in [0.25, 0.3) is 0 Å². The van der Waals surface area contributed by atoms with Gasteiger partial charge in [-0.25, -0.2) is 4.79 Å². The minimum Gasteiger partial charge on any atom is -0.458 e. The van der Waals surface area contributed by atoms with Crippen LogP contribution in [0.1, 0.15) is 25.0 Å². The van der Waals surface area contributed by atoms with Gasteiger partial charge < -0.3 is 14.6 Å². The highest BCUT2D eigenvalue weighted by Crippen LogP contribution is 2.23. The number of furan rings is 1. The van der Waals surface area contributed by atoms with Gasteiger partial charge in [-0.1, -0.05) is 0 Å². The molecule has 2 aromatic rings. The number of nitrogens with zero attached hydrogens (tertiary/aromatic N) is 3. The van der Waals surface area contributed by atoms with Crippen LogP contribution >= 0.6 is 0 Å². The standard InChI is InChI=1S/C17H23N5O2/c23-17-18-7-1-9-22(17)13-5-10-21(11-6-13)12-14-2-3-16(24-14)15-4-8-19-20-15/h2-4,8,13H,1,5-7,9-12H2,(H,18,23)(H,19,20). The van der Waals surface area contributed by atoms with E-state index in [1.54, 1.807) is 6.20 Å². The number of amides is 2. The zero-order valence-electron chi connectivity index (χ0n) is 13.7. The van der Waals surface area contributed by atoms with E-state index in [0.717, 1.165) is 69.2 Å². The Morgan fingerprint density at radius 1 is 1.21 bits per heavy atom. The molecule has 0 bridgehead atoms. The minimum atomic E-state index is 0.106. The zero-order chi connectivity index (χ0) is 16.4. The number of aromatic nitrogens is 2. The summed E-state index contributed by atoms with van der Waals surface area (Å²) in [6.07, 6.45) is 4.83. The van der Waals surface area contributed by atoms with Crippen LogP contribution < -0.4 is 5.32 Å². The van der Waals surface area contributed by atoms with E-state index in [1.165, 1.54) is 0 Å². The first-order chi connectivity index (χ1) is 11.8. The smallest absolute Gasteiger partial charge is 0.317 e. The van der Waals surface area contributed by atoms with Crippen molar-refractivity contribution in [3.63, 3.8) is 0 Å². The molecule has 2 aliphatic heterocycles. The Morgan fingerprint density at radius 2 is 2.08 bits per heavy atom. The molecule has 0 spiro atoms. The highest BCUT2D eigenvalue weighted by molar-refractivity contribution is 5.75. The molecular formula is C17H23N5O2. The third-order valence-corrected chi connectivity index (χ3v) is 4.92. The molecule has 24 heavy (non-hydrogen) atoms. The normalized spacial score (nSPS) is 20.3. The van der Waals surface area contributed by atoms with Gasteiger partial charge in [0.05, 0.1) is 6.54 Å². The number of piperidine rings is 1. The van der Waals surface area contributed by atoms with Gasteiger partial charge >= 0.3 is 6.03 Å². The van der Waals surface area contributed by atoms with Crippen LogP contribution in [0.2, 0.25) is 0 Å². The summed E-state index contributed by atoms with van der Waals surface area (Å²) >= 11 is 0. The topological polar surface area (TPSA) is 77.4 Å². The van der Waals surface area contributed by atoms with Crippen LogP contribution in [0.3, 0.4) is 0 Å². The highest BCUT2D eigenvalue weighted by atomic mass is 16.3. The van der Waals surface area contributed by atoms with Crippen molar-refractivity contribution >= 4 is 6.03 Å². The summed E-state index contributed by atoms with van der Waals surface area (Å²) in [5.41, 5.74) is 0.899. The fraction of sp³-hybridized carbons (Fsp3) is 0.529. The molecule has 0 aromatic carbocycles. The zero-order valence-corrected chi connectivity index (χ0v) is 13.7. The van der Waals surface area contributed by atoms with Crippen molar-refractivity contribution in [2.45, 2.75) is 31.8 Å². The van der Waals surface area contributed by atoms with Gasteiger partial charge in [0.15, 0.2) is 5.76 Å². The number of hydrogen-bond acceptors (Lipinski definition) is 4. The SMILES string of the molecule is O=C1NCCCN1C1CCN(Cc2ccc(-c3ccn[nH]3)o2)CC1. The molecule has 4 rings (SSSR count). The lowest BCUT2D eigenvalue weighted by Crippen LogP contribution is -2.54. The number of H-pyrrole nitrogens is 1. The Bertz CT molecular complexity index is 673. The summed E-state index contributed by atoms with van der Waals surface area (Å²) in [7, 11) is 0. The van der Waals surface area contributed by atoms with Crippen LogP contribution in [0.5, 0.6) is 0 Å². The average Bonchev–Trinajstić information content (AvgIpc) is 3.27. The van der Waals surface area contributed by atoms with E-state index in [0.29, 0.717) is 6.04 Å². The lowest BCUT2D eigenvalue weighted by molar-refractivity contribution is 0.106. The van der Waals surface area contributed by atoms with Crippen LogP contribution in [-0.2, 0) is 6.54 Å². The largest absolute Gasteiger partial charge is 0.458 e. The molecule has 4 heterocycles. The Hall–Kier alpha value is -2.28. The van der Waals surface area contributed by atoms with Crippen LogP contribution in [0.4, 0.5) is 4.79 Å². The number of urea groups is 1. The predicted molar refractivity (Wildman–Crippen MR) is 89.3 cm³/mol. The molecule has 2 aliphatic rings. The molecule has 0 atom stereocenters. The van der Waals surface area contributed by atoms with Crippen molar-refractivity contribution in [3.05, 3.63) is 30.2 Å². The van der Waals surface area contributed by atoms with Crippen LogP contribution in [0.25, 0.3) is 11.5 Å². The fourth-order valence-electron chi connectivity index (χ4n) is 3.61. The third kappa shape index (κ3) is 3.17. The monoisotopic (exact) mass is 329 g/mol. The second kappa shape index (κ2) is 6.68. The molecule has 0 radical (unpaired) electrons. The molecule has 7 heteroatoms. The van der Waals surface area contributed by atoms with E-state index < -0.39 is 0 Å². The second-order valence-corrected chi connectivity index (χ2v) is 6.52. The first kappa shape index (κ1) is 15.3. The molecule has 0 saturated carbocycles. The van der Waals surface area contributed by atoms with Gasteiger partial charge in [0.1, 0.15) is 11.5 Å². The molecule has 128 valence electrons. The molecule has 7 nitrogen and oxygen atoms in total. The summed E-state index contributed by atoms with van der Waals surface area (Å²) in [4.78, 5) is 16.4. The summed E-state index contributed by atoms with van der Waals surface area (Å²) in [6.45, 7) is 4.50. The van der Waals surface area contributed by atoms with Crippen molar-refractivity contribution in [1.29, 1.82) is 0 Å². The van der Waals surface area contributed by atoms with Gasteiger partial charge in [0, 0.05) is 38.4 Å². The number of carbonyl (C=O) groups is 1. The number of nitrogens with one attached hydrogen (secondary N) is 2. The number of carbonyl (C=O) groups excluding carboxylic acids is 1. The number of aromatic amines is 1. The van der Waals surface area contributed by atoms with Crippen molar-refractivity contribution in [1.82, 2.24) is 25.3 Å². The predicted octanol–water partition coefficient (Wildman–Crippen LogP) is 2.05. The van der Waals surface area contributed by atoms with E-state index in [4.69, 9.17) is 4.42 Å². The minimum absolute atomic E-state index is 0.106. The summed E-state index contributed by atoms with van der Waals surface area (Å²) in [6, 6.07) is 6.39. The van der Waals surface area contributed by atoms with Crippen molar-refractivity contribution in [3.8, 4) is 11.5 Å². The van der Waals surface area contributed by atoms with Gasteiger partial charge in [0.2, 0.25) is 0 Å². The third-order valence-electron chi connectivity index (χ3n) is 4.92. The van der Waals surface area contributed by atoms with Crippen molar-refractivity contribution in [2.75, 3.05) is 26.2 Å². The number of hydrogen-bond donors (Lipinski definition) is 2. The molecule has 2 saturated heterocycles. The maximum atomic E-state index is 12.0. The summed E-state index contributed by atoms with van der Waals surface area (Å²) < 4.78 is 5.90. The summed E-state index contributed by atoms with van der Waals surface area (Å²) in [5.74, 6) is 1.79. The van der Waals surface area contributed by atoms with Gasteiger partial charge in [-0.15, -0.1) is 0 Å². The quantitative estimate of drug-likeness (QED) is 0.900. The first-order valence-electron chi connectivity index (χ1n) is 8.65. The second-order valence-electron chi connectivity index (χ2n) is 6.52. The van der Waals surface area contributed by atoms with Gasteiger partial charge in [-0.3, -0.25) is 10.00 Å². The Labute approximate surface area is 141 Å². The van der Waals surface area contributed by atoms with E-state index in [2.05, 4.69) is 20.4 Å². The molecule has 2 aromatic heterocycles. The number of likely N-dealkylation sites (tertiary alicyclic amines) is 1. The van der Waals surface area contributed by atoms with Gasteiger partial charge in [-0.05, 0) is 37.5 Å².